The zero-order chi connectivity index (χ0) is 14.3. The average molecular weight is 312 g/mol. The van der Waals surface area contributed by atoms with Crippen molar-refractivity contribution in [3.8, 4) is 0 Å². The largest absolute Gasteiger partial charge is 0.481 e. The monoisotopic (exact) mass is 312 g/mol. The lowest BCUT2D eigenvalue weighted by atomic mass is 10.3. The van der Waals surface area contributed by atoms with Gasteiger partial charge in [0.05, 0.1) is 17.3 Å². The Kier molecular flexibility index (Phi) is 6.94. The lowest BCUT2D eigenvalue weighted by Gasteiger charge is -2.46. The van der Waals surface area contributed by atoms with Gasteiger partial charge in [0, 0.05) is 19.6 Å². The van der Waals surface area contributed by atoms with Crippen LogP contribution in [-0.4, -0.2) is 67.3 Å². The van der Waals surface area contributed by atoms with Gasteiger partial charge in [-0.05, 0) is 12.8 Å². The first-order valence-corrected chi connectivity index (χ1v) is 8.82. The molecule has 0 saturated carbocycles. The summed E-state index contributed by atoms with van der Waals surface area (Å²) in [5.74, 6) is -0.780. The Morgan fingerprint density at radius 3 is 2.63 bits per heavy atom. The molecule has 1 fully saturated rings. The number of carbonyl (C=O) groups excluding carboxylic acids is 1. The average Bonchev–Trinajstić information content (AvgIpc) is 2.30. The number of hydrogen-bond donors (Lipinski definition) is 4. The van der Waals surface area contributed by atoms with Crippen molar-refractivity contribution in [2.24, 2.45) is 0 Å². The number of rotatable bonds is 7. The van der Waals surface area contributed by atoms with Crippen molar-refractivity contribution in [2.75, 3.05) is 36.9 Å². The summed E-state index contributed by atoms with van der Waals surface area (Å²) >= 11 is 1.04. The van der Waals surface area contributed by atoms with E-state index >= 15 is 0 Å². The first kappa shape index (κ1) is 16.6. The number of carbonyl (C=O) groups is 2. The molecule has 1 amide bonds. The van der Waals surface area contributed by atoms with E-state index in [9.17, 15) is 18.7 Å². The van der Waals surface area contributed by atoms with E-state index in [0.29, 0.717) is 25.4 Å². The topological polar surface area (TPSA) is 110 Å². The maximum absolute atomic E-state index is 11.4. The van der Waals surface area contributed by atoms with E-state index in [1.54, 1.807) is 4.31 Å². The molecule has 0 aromatic heterocycles. The second kappa shape index (κ2) is 7.95. The van der Waals surface area contributed by atoms with Crippen LogP contribution in [0.3, 0.4) is 0 Å². The Morgan fingerprint density at radius 1 is 1.26 bits per heavy atom. The van der Waals surface area contributed by atoms with Crippen molar-refractivity contribution in [3.05, 3.63) is 0 Å². The van der Waals surface area contributed by atoms with Crippen molar-refractivity contribution < 1.29 is 23.8 Å². The van der Waals surface area contributed by atoms with Gasteiger partial charge in [0.2, 0.25) is 5.91 Å². The first-order chi connectivity index (χ1) is 8.92. The third-order valence-corrected chi connectivity index (χ3v) is 5.58. The highest BCUT2D eigenvalue weighted by molar-refractivity contribution is 8.22. The second-order valence-electron chi connectivity index (χ2n) is 4.21. The highest BCUT2D eigenvalue weighted by Crippen LogP contribution is 2.46. The fourth-order valence-corrected chi connectivity index (χ4v) is 3.94. The number of carboxylic acid groups (broad SMARTS) is 1. The molecular formula is C10H20N2O5S2. The minimum absolute atomic E-state index is 0.0971. The molecule has 0 unspecified atom stereocenters. The van der Waals surface area contributed by atoms with Crippen molar-refractivity contribution in [1.82, 2.24) is 9.62 Å². The molecule has 19 heavy (non-hydrogen) atoms. The normalized spacial score (nSPS) is 20.7. The van der Waals surface area contributed by atoms with Gasteiger partial charge in [0.15, 0.2) is 0 Å². The molecule has 0 atom stereocenters. The van der Waals surface area contributed by atoms with E-state index in [1.807, 2.05) is 0 Å². The number of aliphatic carboxylic acids is 1. The molecule has 1 saturated heterocycles. The van der Waals surface area contributed by atoms with Crippen LogP contribution in [0.5, 0.6) is 0 Å². The molecule has 1 aliphatic rings. The van der Waals surface area contributed by atoms with E-state index < -0.39 is 16.7 Å². The van der Waals surface area contributed by atoms with Gasteiger partial charge in [-0.15, -0.1) is 22.5 Å². The zero-order valence-corrected chi connectivity index (χ0v) is 12.2. The Hall–Kier alpha value is -0.480. The Morgan fingerprint density at radius 2 is 2.00 bits per heavy atom. The fraction of sp³-hybridized carbons (Fsp3) is 0.800. The summed E-state index contributed by atoms with van der Waals surface area (Å²) in [6, 6.07) is 0. The summed E-state index contributed by atoms with van der Waals surface area (Å²) in [6.45, 7) is 1.37. The van der Waals surface area contributed by atoms with Gasteiger partial charge < -0.3 is 10.4 Å². The minimum atomic E-state index is -2.65. The summed E-state index contributed by atoms with van der Waals surface area (Å²) in [4.78, 5) is 21.6. The number of thioether (sulfide) groups is 1. The third kappa shape index (κ3) is 6.48. The SMILES string of the molecule is O=C(O)CSCC(=O)NCCN1CCCCS1(O)O. The zero-order valence-electron chi connectivity index (χ0n) is 10.6. The lowest BCUT2D eigenvalue weighted by molar-refractivity contribution is -0.133. The van der Waals surface area contributed by atoms with E-state index in [1.165, 1.54) is 0 Å². The van der Waals surface area contributed by atoms with Crippen LogP contribution in [0, 0.1) is 0 Å². The highest BCUT2D eigenvalue weighted by Gasteiger charge is 2.25. The van der Waals surface area contributed by atoms with Crippen LogP contribution in [0.2, 0.25) is 0 Å². The number of hydrogen-bond acceptors (Lipinski definition) is 6. The number of carboxylic acids is 1. The van der Waals surface area contributed by atoms with Crippen molar-refractivity contribution in [3.63, 3.8) is 0 Å². The standard InChI is InChI=1S/C10H20N2O5S2/c13-9(7-18-8-10(14)15)11-3-5-12-4-1-2-6-19(12,16)17/h16-17H,1-8H2,(H,11,13)(H,14,15). The molecule has 0 spiro atoms. The van der Waals surface area contributed by atoms with Gasteiger partial charge in [-0.25, -0.2) is 4.31 Å². The van der Waals surface area contributed by atoms with Crippen molar-refractivity contribution in [1.29, 1.82) is 0 Å². The number of amides is 1. The maximum Gasteiger partial charge on any atom is 0.313 e. The van der Waals surface area contributed by atoms with Crippen LogP contribution in [0.25, 0.3) is 0 Å². The molecule has 0 radical (unpaired) electrons. The van der Waals surface area contributed by atoms with Gasteiger partial charge in [-0.1, -0.05) is 0 Å². The van der Waals surface area contributed by atoms with E-state index in [0.717, 1.165) is 24.6 Å². The summed E-state index contributed by atoms with van der Waals surface area (Å²) in [7, 11) is -2.65. The predicted molar refractivity (Wildman–Crippen MR) is 76.5 cm³/mol. The van der Waals surface area contributed by atoms with E-state index in [2.05, 4.69) is 5.32 Å². The van der Waals surface area contributed by atoms with Crippen LogP contribution in [0.4, 0.5) is 0 Å². The van der Waals surface area contributed by atoms with Gasteiger partial charge >= 0.3 is 5.97 Å². The van der Waals surface area contributed by atoms with E-state index in [4.69, 9.17) is 5.11 Å². The molecule has 1 aliphatic heterocycles. The quantitative estimate of drug-likeness (QED) is 0.547. The molecule has 0 aromatic carbocycles. The van der Waals surface area contributed by atoms with E-state index in [-0.39, 0.29) is 17.4 Å². The third-order valence-electron chi connectivity index (χ3n) is 2.63. The van der Waals surface area contributed by atoms with Gasteiger partial charge in [0.25, 0.3) is 0 Å². The number of nitrogens with zero attached hydrogens (tertiary/aromatic N) is 1. The summed E-state index contributed by atoms with van der Waals surface area (Å²) in [6.07, 6.45) is 1.75. The minimum Gasteiger partial charge on any atom is -0.481 e. The molecular weight excluding hydrogens is 292 g/mol. The molecule has 7 nitrogen and oxygen atoms in total. The smallest absolute Gasteiger partial charge is 0.313 e. The summed E-state index contributed by atoms with van der Waals surface area (Å²) in [5, 5.41) is 11.1. The van der Waals surface area contributed by atoms with Crippen LogP contribution >= 0.6 is 22.5 Å². The Balaban J connectivity index is 2.15. The van der Waals surface area contributed by atoms with Crippen molar-refractivity contribution in [2.45, 2.75) is 12.8 Å². The summed E-state index contributed by atoms with van der Waals surface area (Å²) in [5.41, 5.74) is 0. The molecule has 112 valence electrons. The molecule has 0 aromatic rings. The second-order valence-corrected chi connectivity index (χ2v) is 7.38. The van der Waals surface area contributed by atoms with Crippen molar-refractivity contribution >= 4 is 34.4 Å². The van der Waals surface area contributed by atoms with Crippen LogP contribution in [-0.2, 0) is 9.59 Å². The molecule has 9 heteroatoms. The lowest BCUT2D eigenvalue weighted by Crippen LogP contribution is -2.40. The van der Waals surface area contributed by atoms with Crippen LogP contribution in [0.15, 0.2) is 0 Å². The Bertz CT molecular complexity index is 327. The molecule has 1 heterocycles. The molecule has 4 N–H and O–H groups in total. The first-order valence-electron chi connectivity index (χ1n) is 5.99. The fourth-order valence-electron chi connectivity index (χ4n) is 1.72. The van der Waals surface area contributed by atoms with Gasteiger partial charge in [-0.2, -0.15) is 0 Å². The maximum atomic E-state index is 11.4. The van der Waals surface area contributed by atoms with Crippen LogP contribution in [0.1, 0.15) is 12.8 Å². The summed E-state index contributed by atoms with van der Waals surface area (Å²) < 4.78 is 21.2. The van der Waals surface area contributed by atoms with Crippen LogP contribution < -0.4 is 5.32 Å². The highest BCUT2D eigenvalue weighted by atomic mass is 32.3. The molecule has 0 bridgehead atoms. The van der Waals surface area contributed by atoms with Gasteiger partial charge in [-0.3, -0.25) is 18.7 Å². The molecule has 0 aliphatic carbocycles. The Labute approximate surface area is 118 Å². The predicted octanol–water partition coefficient (Wildman–Crippen LogP) is 0.682. The number of nitrogens with one attached hydrogen (secondary N) is 1. The molecule has 1 rings (SSSR count). The van der Waals surface area contributed by atoms with Gasteiger partial charge in [0.1, 0.15) is 0 Å².